The van der Waals surface area contributed by atoms with Gasteiger partial charge in [0.15, 0.2) is 0 Å². The van der Waals surface area contributed by atoms with E-state index in [1.807, 2.05) is 32.9 Å². The number of sulfonamides is 1. The number of halogens is 3. The summed E-state index contributed by atoms with van der Waals surface area (Å²) in [5, 5.41) is 0. The molecule has 2 aromatic carbocycles. The van der Waals surface area contributed by atoms with Gasteiger partial charge in [-0.15, -0.1) is 0 Å². The summed E-state index contributed by atoms with van der Waals surface area (Å²) in [4.78, 5) is 12.0. The second-order valence-electron chi connectivity index (χ2n) is 7.81. The predicted octanol–water partition coefficient (Wildman–Crippen LogP) is 5.84. The number of rotatable bonds is 8. The molecule has 176 valence electrons. The highest BCUT2D eigenvalue weighted by atomic mass is 79.9. The van der Waals surface area contributed by atoms with Crippen LogP contribution in [0.3, 0.4) is 0 Å². The lowest BCUT2D eigenvalue weighted by Gasteiger charge is -2.27. The predicted molar refractivity (Wildman–Crippen MR) is 129 cm³/mol. The summed E-state index contributed by atoms with van der Waals surface area (Å²) < 4.78 is 59.1. The topological polar surface area (TPSA) is 66.8 Å². The van der Waals surface area contributed by atoms with Crippen LogP contribution in [-0.2, 0) is 31.9 Å². The third-order valence-electron chi connectivity index (χ3n) is 4.57. The number of alkyl halides is 2. The standard InChI is InChI=1S/C22H27BrF2N2O3S2/c1-6-16-7-9-17(10-8-16)27(14-15(2)3)32(29,30)18-11-12-19(23)20(13-18)31(5)26-21(28)22(4,24)25/h7-13,15H,6,14H2,1-5H3. The van der Waals surface area contributed by atoms with Crippen LogP contribution in [0.1, 0.15) is 33.3 Å². The number of hydrogen-bond acceptors (Lipinski definition) is 3. The van der Waals surface area contributed by atoms with Crippen LogP contribution in [-0.4, -0.2) is 33.0 Å². The first kappa shape index (κ1) is 26.6. The van der Waals surface area contributed by atoms with Crippen molar-refractivity contribution in [2.75, 3.05) is 17.1 Å². The molecular weight excluding hydrogens is 522 g/mol. The van der Waals surface area contributed by atoms with E-state index >= 15 is 0 Å². The van der Waals surface area contributed by atoms with Crippen LogP contribution < -0.4 is 4.31 Å². The van der Waals surface area contributed by atoms with Crippen LogP contribution in [0.25, 0.3) is 0 Å². The highest BCUT2D eigenvalue weighted by Gasteiger charge is 2.32. The minimum Gasteiger partial charge on any atom is -0.266 e. The molecule has 0 aliphatic heterocycles. The normalized spacial score (nSPS) is 13.4. The fourth-order valence-electron chi connectivity index (χ4n) is 2.82. The average molecular weight is 550 g/mol. The second kappa shape index (κ2) is 10.5. The largest absolute Gasteiger partial charge is 0.324 e. The van der Waals surface area contributed by atoms with E-state index in [1.165, 1.54) is 28.8 Å². The van der Waals surface area contributed by atoms with Gasteiger partial charge in [-0.05, 0) is 70.4 Å². The summed E-state index contributed by atoms with van der Waals surface area (Å²) >= 11 is 3.32. The maximum absolute atomic E-state index is 13.6. The number of anilines is 1. The van der Waals surface area contributed by atoms with Crippen LogP contribution in [0.15, 0.2) is 61.1 Å². The van der Waals surface area contributed by atoms with Crippen molar-refractivity contribution < 1.29 is 22.0 Å². The van der Waals surface area contributed by atoms with Gasteiger partial charge in [0.25, 0.3) is 10.0 Å². The molecule has 0 spiro atoms. The van der Waals surface area contributed by atoms with Crippen molar-refractivity contribution in [3.05, 3.63) is 52.5 Å². The van der Waals surface area contributed by atoms with E-state index in [-0.39, 0.29) is 17.4 Å². The molecule has 5 nitrogen and oxygen atoms in total. The Morgan fingerprint density at radius 3 is 2.28 bits per heavy atom. The van der Waals surface area contributed by atoms with Crippen molar-refractivity contribution in [3.63, 3.8) is 0 Å². The third kappa shape index (κ3) is 6.45. The molecule has 2 aromatic rings. The molecule has 0 N–H and O–H groups in total. The number of amides is 1. The van der Waals surface area contributed by atoms with Gasteiger partial charge in [0.2, 0.25) is 0 Å². The molecule has 0 fully saturated rings. The van der Waals surface area contributed by atoms with Gasteiger partial charge < -0.3 is 0 Å². The Morgan fingerprint density at radius 1 is 1.19 bits per heavy atom. The lowest BCUT2D eigenvalue weighted by atomic mass is 10.1. The Bertz CT molecular complexity index is 1110. The summed E-state index contributed by atoms with van der Waals surface area (Å²) in [6, 6.07) is 11.7. The molecular formula is C22H27BrF2N2O3S2. The van der Waals surface area contributed by atoms with E-state index < -0.39 is 32.5 Å². The quantitative estimate of drug-likeness (QED) is 0.416. The summed E-state index contributed by atoms with van der Waals surface area (Å²) in [5.74, 6) is -5.07. The summed E-state index contributed by atoms with van der Waals surface area (Å²) in [6.07, 6.45) is 2.33. The number of carbonyl (C=O) groups excluding carboxylic acids is 1. The summed E-state index contributed by atoms with van der Waals surface area (Å²) in [5.41, 5.74) is 1.64. The minimum absolute atomic E-state index is 0.00109. The molecule has 32 heavy (non-hydrogen) atoms. The van der Waals surface area contributed by atoms with Crippen molar-refractivity contribution in [1.82, 2.24) is 0 Å². The molecule has 0 aliphatic carbocycles. The van der Waals surface area contributed by atoms with Crippen LogP contribution >= 0.6 is 15.9 Å². The molecule has 0 radical (unpaired) electrons. The third-order valence-corrected chi connectivity index (χ3v) is 8.73. The highest BCUT2D eigenvalue weighted by Crippen LogP contribution is 2.30. The van der Waals surface area contributed by atoms with Crippen molar-refractivity contribution in [2.24, 2.45) is 10.3 Å². The average Bonchev–Trinajstić information content (AvgIpc) is 2.71. The number of nitrogens with zero attached hydrogens (tertiary/aromatic N) is 2. The van der Waals surface area contributed by atoms with Gasteiger partial charge in [-0.2, -0.15) is 13.1 Å². The van der Waals surface area contributed by atoms with Gasteiger partial charge in [0.05, 0.1) is 10.6 Å². The van der Waals surface area contributed by atoms with Gasteiger partial charge in [-0.1, -0.05) is 43.6 Å². The fraction of sp³-hybridized carbons (Fsp3) is 0.409. The molecule has 1 unspecified atom stereocenters. The SMILES string of the molecule is CCc1ccc(N(CC(C)C)S(=O)(=O)c2ccc(Br)c(S(C)=NC(=O)C(C)(F)F)c2)cc1. The van der Waals surface area contributed by atoms with E-state index in [0.717, 1.165) is 12.0 Å². The van der Waals surface area contributed by atoms with Crippen LogP contribution in [0, 0.1) is 5.92 Å². The van der Waals surface area contributed by atoms with Crippen molar-refractivity contribution in [1.29, 1.82) is 0 Å². The summed E-state index contributed by atoms with van der Waals surface area (Å²) in [7, 11) is -5.23. The minimum atomic E-state index is -3.96. The van der Waals surface area contributed by atoms with Crippen molar-refractivity contribution in [3.8, 4) is 0 Å². The zero-order chi connectivity index (χ0) is 24.3. The zero-order valence-corrected chi connectivity index (χ0v) is 21.8. The van der Waals surface area contributed by atoms with Crippen LogP contribution in [0.2, 0.25) is 0 Å². The maximum atomic E-state index is 13.6. The smallest absolute Gasteiger partial charge is 0.266 e. The highest BCUT2D eigenvalue weighted by molar-refractivity contribution is 9.10. The Morgan fingerprint density at radius 2 is 1.78 bits per heavy atom. The van der Waals surface area contributed by atoms with Gasteiger partial charge in [0, 0.05) is 22.8 Å². The van der Waals surface area contributed by atoms with Gasteiger partial charge >= 0.3 is 11.8 Å². The van der Waals surface area contributed by atoms with Gasteiger partial charge in [-0.25, -0.2) is 8.42 Å². The zero-order valence-electron chi connectivity index (χ0n) is 18.6. The Kier molecular flexibility index (Phi) is 8.75. The van der Waals surface area contributed by atoms with E-state index in [0.29, 0.717) is 22.0 Å². The molecule has 0 saturated carbocycles. The van der Waals surface area contributed by atoms with E-state index in [1.54, 1.807) is 12.1 Å². The number of aryl methyl sites for hydroxylation is 1. The van der Waals surface area contributed by atoms with Crippen molar-refractivity contribution in [2.45, 2.75) is 49.8 Å². The molecule has 0 aromatic heterocycles. The molecule has 0 aliphatic rings. The van der Waals surface area contributed by atoms with E-state index in [9.17, 15) is 22.0 Å². The molecule has 0 heterocycles. The Balaban J connectivity index is 2.56. The lowest BCUT2D eigenvalue weighted by molar-refractivity contribution is -0.138. The van der Waals surface area contributed by atoms with Crippen molar-refractivity contribution >= 4 is 48.2 Å². The Hall–Kier alpha value is -1.65. The first-order chi connectivity index (χ1) is 14.8. The van der Waals surface area contributed by atoms with Crippen LogP contribution in [0.4, 0.5) is 14.5 Å². The number of carbonyl (C=O) groups is 1. The van der Waals surface area contributed by atoms with Gasteiger partial charge in [0.1, 0.15) is 0 Å². The van der Waals surface area contributed by atoms with E-state index in [4.69, 9.17) is 0 Å². The molecule has 10 heteroatoms. The lowest BCUT2D eigenvalue weighted by Crippen LogP contribution is -2.34. The maximum Gasteiger partial charge on any atom is 0.324 e. The van der Waals surface area contributed by atoms with E-state index in [2.05, 4.69) is 20.3 Å². The molecule has 1 amide bonds. The fourth-order valence-corrected chi connectivity index (χ4v) is 6.66. The first-order valence-corrected chi connectivity index (χ1v) is 13.8. The number of hydrogen-bond donors (Lipinski definition) is 0. The van der Waals surface area contributed by atoms with Gasteiger partial charge in [-0.3, -0.25) is 9.10 Å². The monoisotopic (exact) mass is 548 g/mol. The number of benzene rings is 2. The molecule has 0 bridgehead atoms. The summed E-state index contributed by atoms with van der Waals surface area (Å²) in [6.45, 7) is 6.62. The molecule has 1 atom stereocenters. The second-order valence-corrected chi connectivity index (χ2v) is 12.1. The molecule has 2 rings (SSSR count). The molecule has 0 saturated heterocycles. The van der Waals surface area contributed by atoms with Crippen LogP contribution in [0.5, 0.6) is 0 Å². The Labute approximate surface area is 199 Å². The first-order valence-electron chi connectivity index (χ1n) is 9.98.